The summed E-state index contributed by atoms with van der Waals surface area (Å²) in [7, 11) is 1.64. The van der Waals surface area contributed by atoms with Gasteiger partial charge in [-0.15, -0.1) is 5.10 Å². The van der Waals surface area contributed by atoms with Crippen molar-refractivity contribution < 1.29 is 8.78 Å². The molecule has 0 spiro atoms. The van der Waals surface area contributed by atoms with Gasteiger partial charge in [-0.1, -0.05) is 11.6 Å². The zero-order valence-corrected chi connectivity index (χ0v) is 10.9. The first-order chi connectivity index (χ1) is 7.97. The highest BCUT2D eigenvalue weighted by Crippen LogP contribution is 2.25. The molecular formula is C9H6BrClF2N4. The summed E-state index contributed by atoms with van der Waals surface area (Å²) in [4.78, 5) is 3.97. The Morgan fingerprint density at radius 1 is 1.35 bits per heavy atom. The Labute approximate surface area is 109 Å². The summed E-state index contributed by atoms with van der Waals surface area (Å²) in [6.45, 7) is 0. The van der Waals surface area contributed by atoms with Gasteiger partial charge in [0.05, 0.1) is 0 Å². The number of rotatable bonds is 2. The first-order valence-corrected chi connectivity index (χ1v) is 5.62. The number of hydrogen-bond donors (Lipinski definition) is 1. The molecule has 0 amide bonds. The van der Waals surface area contributed by atoms with Gasteiger partial charge in [0.2, 0.25) is 10.7 Å². The lowest BCUT2D eigenvalue weighted by molar-refractivity contribution is 0.585. The van der Waals surface area contributed by atoms with Gasteiger partial charge in [-0.05, 0) is 28.1 Å². The van der Waals surface area contributed by atoms with Crippen LogP contribution in [0.1, 0.15) is 0 Å². The van der Waals surface area contributed by atoms with Crippen LogP contribution in [0.2, 0.25) is 5.02 Å². The van der Waals surface area contributed by atoms with E-state index in [1.807, 2.05) is 0 Å². The summed E-state index contributed by atoms with van der Waals surface area (Å²) in [5, 5.41) is 6.11. The monoisotopic (exact) mass is 322 g/mol. The standard InChI is InChI=1S/C9H6BrClF2N4/c1-17-9(15-8(10)16-17)14-4-2-5(12)7(11)6(13)3-4/h2-3H,1H3,(H,14,15,16). The average Bonchev–Trinajstić information content (AvgIpc) is 2.54. The summed E-state index contributed by atoms with van der Waals surface area (Å²) in [6, 6.07) is 2.15. The van der Waals surface area contributed by atoms with Crippen LogP contribution in [0.4, 0.5) is 20.4 Å². The molecule has 0 fully saturated rings. The lowest BCUT2D eigenvalue weighted by Gasteiger charge is -2.06. The number of nitrogens with zero attached hydrogens (tertiary/aromatic N) is 3. The van der Waals surface area contributed by atoms with E-state index in [2.05, 4.69) is 31.3 Å². The van der Waals surface area contributed by atoms with Crippen molar-refractivity contribution >= 4 is 39.2 Å². The van der Waals surface area contributed by atoms with Crippen LogP contribution in [0.25, 0.3) is 0 Å². The Kier molecular flexibility index (Phi) is 3.30. The number of aryl methyl sites for hydroxylation is 1. The van der Waals surface area contributed by atoms with Crippen LogP contribution in [-0.4, -0.2) is 14.8 Å². The van der Waals surface area contributed by atoms with Crippen molar-refractivity contribution in [3.05, 3.63) is 33.5 Å². The number of hydrogen-bond acceptors (Lipinski definition) is 3. The fourth-order valence-corrected chi connectivity index (χ4v) is 1.73. The van der Waals surface area contributed by atoms with Crippen LogP contribution in [0.5, 0.6) is 0 Å². The van der Waals surface area contributed by atoms with E-state index >= 15 is 0 Å². The predicted octanol–water partition coefficient (Wildman–Crippen LogP) is 3.25. The molecule has 2 aromatic rings. The topological polar surface area (TPSA) is 42.7 Å². The molecule has 0 aliphatic heterocycles. The fourth-order valence-electron chi connectivity index (χ4n) is 1.22. The minimum absolute atomic E-state index is 0.201. The second-order valence-electron chi connectivity index (χ2n) is 3.21. The van der Waals surface area contributed by atoms with Crippen LogP contribution in [0.3, 0.4) is 0 Å². The van der Waals surface area contributed by atoms with Gasteiger partial charge in [0.15, 0.2) is 0 Å². The largest absolute Gasteiger partial charge is 0.324 e. The maximum Gasteiger partial charge on any atom is 0.226 e. The van der Waals surface area contributed by atoms with Crippen LogP contribution in [-0.2, 0) is 7.05 Å². The number of aromatic nitrogens is 3. The van der Waals surface area contributed by atoms with Crippen molar-refractivity contribution in [2.24, 2.45) is 7.05 Å². The molecule has 0 aliphatic rings. The van der Waals surface area contributed by atoms with Crippen LogP contribution < -0.4 is 5.32 Å². The SMILES string of the molecule is Cn1nc(Br)nc1Nc1cc(F)c(Cl)c(F)c1. The van der Waals surface area contributed by atoms with E-state index in [0.717, 1.165) is 12.1 Å². The maximum absolute atomic E-state index is 13.2. The lowest BCUT2D eigenvalue weighted by Crippen LogP contribution is -2.01. The quantitative estimate of drug-likeness (QED) is 0.863. The van der Waals surface area contributed by atoms with E-state index in [1.165, 1.54) is 4.68 Å². The molecule has 0 aliphatic carbocycles. The van der Waals surface area contributed by atoms with Gasteiger partial charge in [-0.2, -0.15) is 4.98 Å². The van der Waals surface area contributed by atoms with Gasteiger partial charge in [-0.25, -0.2) is 13.5 Å². The molecule has 1 N–H and O–H groups in total. The highest BCUT2D eigenvalue weighted by atomic mass is 79.9. The van der Waals surface area contributed by atoms with Crippen molar-refractivity contribution in [1.29, 1.82) is 0 Å². The van der Waals surface area contributed by atoms with Gasteiger partial charge >= 0.3 is 0 Å². The molecule has 8 heteroatoms. The normalized spacial score (nSPS) is 10.6. The Morgan fingerprint density at radius 3 is 2.41 bits per heavy atom. The molecule has 0 atom stereocenters. The Morgan fingerprint density at radius 2 is 1.94 bits per heavy atom. The molecule has 90 valence electrons. The molecule has 17 heavy (non-hydrogen) atoms. The molecule has 1 aromatic carbocycles. The Hall–Kier alpha value is -1.21. The van der Waals surface area contributed by atoms with Crippen molar-refractivity contribution in [3.8, 4) is 0 Å². The third kappa shape index (κ3) is 2.55. The minimum atomic E-state index is -0.838. The summed E-state index contributed by atoms with van der Waals surface area (Å²) >= 11 is 8.45. The number of anilines is 2. The Bertz CT molecular complexity index is 549. The van der Waals surface area contributed by atoms with Crippen molar-refractivity contribution in [2.45, 2.75) is 0 Å². The zero-order chi connectivity index (χ0) is 12.6. The predicted molar refractivity (Wildman–Crippen MR) is 63.4 cm³/mol. The maximum atomic E-state index is 13.2. The van der Waals surface area contributed by atoms with E-state index in [-0.39, 0.29) is 5.69 Å². The smallest absolute Gasteiger partial charge is 0.226 e. The molecule has 4 nitrogen and oxygen atoms in total. The van der Waals surface area contributed by atoms with E-state index in [0.29, 0.717) is 10.7 Å². The molecular weight excluding hydrogens is 317 g/mol. The van der Waals surface area contributed by atoms with Gasteiger partial charge in [-0.3, -0.25) is 0 Å². The summed E-state index contributed by atoms with van der Waals surface area (Å²) in [6.07, 6.45) is 0. The van der Waals surface area contributed by atoms with Crippen molar-refractivity contribution in [2.75, 3.05) is 5.32 Å². The summed E-state index contributed by atoms with van der Waals surface area (Å²) in [5.74, 6) is -1.33. The lowest BCUT2D eigenvalue weighted by atomic mass is 10.3. The Balaban J connectivity index is 2.33. The van der Waals surface area contributed by atoms with Crippen LogP contribution >= 0.6 is 27.5 Å². The first-order valence-electron chi connectivity index (χ1n) is 4.45. The highest BCUT2D eigenvalue weighted by Gasteiger charge is 2.11. The average molecular weight is 324 g/mol. The van der Waals surface area contributed by atoms with Gasteiger partial charge in [0.25, 0.3) is 0 Å². The molecule has 0 radical (unpaired) electrons. The molecule has 1 heterocycles. The third-order valence-corrected chi connectivity index (χ3v) is 2.67. The summed E-state index contributed by atoms with van der Waals surface area (Å²) < 4.78 is 28.2. The fraction of sp³-hybridized carbons (Fsp3) is 0.111. The summed E-state index contributed by atoms with van der Waals surface area (Å²) in [5.41, 5.74) is 0.201. The molecule has 1 aromatic heterocycles. The molecule has 2 rings (SSSR count). The highest BCUT2D eigenvalue weighted by molar-refractivity contribution is 9.10. The van der Waals surface area contributed by atoms with Gasteiger partial charge in [0, 0.05) is 12.7 Å². The second-order valence-corrected chi connectivity index (χ2v) is 4.29. The molecule has 0 saturated carbocycles. The minimum Gasteiger partial charge on any atom is -0.324 e. The van der Waals surface area contributed by atoms with E-state index < -0.39 is 16.7 Å². The van der Waals surface area contributed by atoms with Crippen LogP contribution in [0, 0.1) is 11.6 Å². The molecule has 0 saturated heterocycles. The second kappa shape index (κ2) is 4.58. The van der Waals surface area contributed by atoms with Crippen molar-refractivity contribution in [1.82, 2.24) is 14.8 Å². The van der Waals surface area contributed by atoms with Crippen LogP contribution in [0.15, 0.2) is 16.9 Å². The number of halogens is 4. The van der Waals surface area contributed by atoms with E-state index in [9.17, 15) is 8.78 Å². The third-order valence-electron chi connectivity index (χ3n) is 1.98. The number of nitrogens with one attached hydrogen (secondary N) is 1. The van der Waals surface area contributed by atoms with Gasteiger partial charge < -0.3 is 5.32 Å². The van der Waals surface area contributed by atoms with Gasteiger partial charge in [0.1, 0.15) is 16.7 Å². The molecule has 0 bridgehead atoms. The zero-order valence-electron chi connectivity index (χ0n) is 8.51. The number of benzene rings is 1. The first kappa shape index (κ1) is 12.3. The molecule has 0 unspecified atom stereocenters. The van der Waals surface area contributed by atoms with Crippen molar-refractivity contribution in [3.63, 3.8) is 0 Å². The van der Waals surface area contributed by atoms with E-state index in [1.54, 1.807) is 7.05 Å². The van der Waals surface area contributed by atoms with E-state index in [4.69, 9.17) is 11.6 Å².